The number of carboxylic acids is 2. The molecule has 53 heavy (non-hydrogen) atoms. The molecule has 5 saturated carbocycles. The Bertz CT molecular complexity index is 1380. The Hall–Kier alpha value is -3.69. The van der Waals surface area contributed by atoms with Crippen LogP contribution in [0.3, 0.4) is 0 Å². The second kappa shape index (κ2) is 20.7. The van der Waals surface area contributed by atoms with Crippen molar-refractivity contribution in [3.8, 4) is 38.5 Å². The molecule has 0 heterocycles. The fourth-order valence-electron chi connectivity index (χ4n) is 12.5. The van der Waals surface area contributed by atoms with E-state index in [9.17, 15) is 19.5 Å². The summed E-state index contributed by atoms with van der Waals surface area (Å²) < 4.78 is 0. The Morgan fingerprint density at radius 1 is 0.717 bits per heavy atom. The standard InChI is InChI=1S/C36H51NO5.C3H8.C2H6.3C2H2/c1-33(2)25(22-7-9-23(10-8-22)31(40)41)13-18-35(4)28(33)15-19-34(3)26-14-20-36(32(42)37-21-16-30(38)39)17-5-6-27(36)24(26)11-12-29(34)35;1-3-2;4*1-2/h7-10,24-29H,5-6,11-21H2,1-4H3,(H,37,42)(H,38,39)(H,40,41);3H2,1-2H3;1-2H3;3*1-2H/t24-,25+,26?,27?,28?,29?,34-,35-,36-;;;;;/m0...../s1. The van der Waals surface area contributed by atoms with Crippen molar-refractivity contribution in [2.24, 2.45) is 51.2 Å². The van der Waals surface area contributed by atoms with Crippen molar-refractivity contribution in [1.29, 1.82) is 0 Å². The SMILES string of the molecule is C#C.C#C.C#C.CC.CC1(C)C2CC[C@@]3(C)C4CC[C@@]5(C(=O)NCCC(=O)O)CCCC5[C@H]4CCC3[C@@]2(C)CC[C@@H]1c1ccc(C(=O)O)cc1.CCC. The van der Waals surface area contributed by atoms with E-state index in [4.69, 9.17) is 5.11 Å². The van der Waals surface area contributed by atoms with Crippen LogP contribution in [0.4, 0.5) is 0 Å². The number of fused-ring (bicyclic) bond motifs is 7. The number of rotatable bonds is 6. The lowest BCUT2D eigenvalue weighted by Crippen LogP contribution is -2.62. The lowest BCUT2D eigenvalue weighted by molar-refractivity contribution is -0.200. The molecule has 0 saturated heterocycles. The molecule has 1 amide bonds. The van der Waals surface area contributed by atoms with Gasteiger partial charge in [-0.3, -0.25) is 9.59 Å². The van der Waals surface area contributed by atoms with Gasteiger partial charge in [-0.25, -0.2) is 4.79 Å². The van der Waals surface area contributed by atoms with Gasteiger partial charge in [-0.2, -0.15) is 0 Å². The van der Waals surface area contributed by atoms with Crippen LogP contribution in [0.2, 0.25) is 0 Å². The number of aromatic carboxylic acids is 1. The number of benzene rings is 1. The van der Waals surface area contributed by atoms with Crippen molar-refractivity contribution in [2.75, 3.05) is 6.54 Å². The molecule has 6 rings (SSSR count). The summed E-state index contributed by atoms with van der Waals surface area (Å²) in [6.45, 7) is 18.7. The number of nitrogens with one attached hydrogen (secondary N) is 1. The minimum absolute atomic E-state index is 0.0110. The minimum Gasteiger partial charge on any atom is -0.481 e. The van der Waals surface area contributed by atoms with E-state index in [2.05, 4.69) is 97.5 Å². The number of terminal acetylenes is 3. The predicted molar refractivity (Wildman–Crippen MR) is 219 cm³/mol. The first-order chi connectivity index (χ1) is 25.3. The number of hydrogen-bond donors (Lipinski definition) is 3. The van der Waals surface area contributed by atoms with Gasteiger partial charge >= 0.3 is 11.9 Å². The first-order valence-electron chi connectivity index (χ1n) is 20.1. The highest BCUT2D eigenvalue weighted by molar-refractivity contribution is 5.87. The van der Waals surface area contributed by atoms with E-state index < -0.39 is 11.9 Å². The molecule has 0 radical (unpaired) electrons. The fourth-order valence-corrected chi connectivity index (χ4v) is 12.5. The minimum atomic E-state index is -0.865. The second-order valence-electron chi connectivity index (χ2n) is 16.6. The molecular weight excluding hydrogens is 659 g/mol. The number of carbonyl (C=O) groups excluding carboxylic acids is 1. The summed E-state index contributed by atoms with van der Waals surface area (Å²) in [7, 11) is 0. The van der Waals surface area contributed by atoms with Crippen molar-refractivity contribution in [3.63, 3.8) is 0 Å². The Labute approximate surface area is 323 Å². The van der Waals surface area contributed by atoms with Gasteiger partial charge in [-0.1, -0.05) is 80.4 Å². The topological polar surface area (TPSA) is 104 Å². The third kappa shape index (κ3) is 9.17. The molecule has 1 aromatic rings. The second-order valence-corrected chi connectivity index (χ2v) is 16.6. The van der Waals surface area contributed by atoms with Gasteiger partial charge in [0.2, 0.25) is 5.91 Å². The molecular formula is C47H71NO5. The zero-order valence-corrected chi connectivity index (χ0v) is 34.3. The van der Waals surface area contributed by atoms with Gasteiger partial charge < -0.3 is 15.5 Å². The van der Waals surface area contributed by atoms with Crippen LogP contribution in [0.1, 0.15) is 161 Å². The van der Waals surface area contributed by atoms with Gasteiger partial charge in [0.15, 0.2) is 0 Å². The highest BCUT2D eigenvalue weighted by Gasteiger charge is 2.67. The zero-order chi connectivity index (χ0) is 40.8. The Balaban J connectivity index is 0.00000116. The van der Waals surface area contributed by atoms with E-state index in [0.29, 0.717) is 46.5 Å². The van der Waals surface area contributed by atoms with Crippen molar-refractivity contribution in [3.05, 3.63) is 35.4 Å². The van der Waals surface area contributed by atoms with Crippen LogP contribution in [0, 0.1) is 89.8 Å². The van der Waals surface area contributed by atoms with E-state index in [1.54, 1.807) is 12.1 Å². The molecule has 5 fully saturated rings. The van der Waals surface area contributed by atoms with Crippen LogP contribution in [-0.2, 0) is 9.59 Å². The number of carbonyl (C=O) groups is 3. The summed E-state index contributed by atoms with van der Waals surface area (Å²) in [6, 6.07) is 7.67. The van der Waals surface area contributed by atoms with Crippen molar-refractivity contribution in [2.45, 2.75) is 145 Å². The molecule has 0 aromatic heterocycles. The zero-order valence-electron chi connectivity index (χ0n) is 34.3. The van der Waals surface area contributed by atoms with Gasteiger partial charge in [-0.05, 0) is 134 Å². The summed E-state index contributed by atoms with van der Waals surface area (Å²) in [5.74, 6) is 1.87. The maximum absolute atomic E-state index is 13.6. The molecule has 1 aromatic carbocycles. The lowest BCUT2D eigenvalue weighted by Gasteiger charge is -2.69. The molecule has 5 aliphatic rings. The molecule has 6 heteroatoms. The molecule has 3 N–H and O–H groups in total. The van der Waals surface area contributed by atoms with Crippen LogP contribution in [0.5, 0.6) is 0 Å². The van der Waals surface area contributed by atoms with E-state index in [-0.39, 0.29) is 35.1 Å². The molecule has 0 spiro atoms. The monoisotopic (exact) mass is 730 g/mol. The maximum Gasteiger partial charge on any atom is 0.335 e. The number of amides is 1. The van der Waals surface area contributed by atoms with Gasteiger partial charge in [0.05, 0.1) is 17.4 Å². The molecule has 294 valence electrons. The molecule has 0 aliphatic heterocycles. The molecule has 5 aliphatic carbocycles. The van der Waals surface area contributed by atoms with Crippen molar-refractivity contribution >= 4 is 17.8 Å². The van der Waals surface area contributed by atoms with Crippen molar-refractivity contribution < 1.29 is 24.6 Å². The first-order valence-corrected chi connectivity index (χ1v) is 20.1. The fraction of sp³-hybridized carbons (Fsp3) is 0.681. The number of carboxylic acid groups (broad SMARTS) is 2. The molecule has 4 unspecified atom stereocenters. The summed E-state index contributed by atoms with van der Waals surface area (Å²) in [4.78, 5) is 36.1. The maximum atomic E-state index is 13.6. The highest BCUT2D eigenvalue weighted by atomic mass is 16.4. The number of aliphatic carboxylic acids is 1. The van der Waals surface area contributed by atoms with Crippen LogP contribution < -0.4 is 5.32 Å². The quantitative estimate of drug-likeness (QED) is 0.253. The Kier molecular flexibility index (Phi) is 18.5. The largest absolute Gasteiger partial charge is 0.481 e. The van der Waals surface area contributed by atoms with Gasteiger partial charge in [0, 0.05) is 6.54 Å². The van der Waals surface area contributed by atoms with E-state index in [0.717, 1.165) is 38.5 Å². The summed E-state index contributed by atoms with van der Waals surface area (Å²) in [5, 5.41) is 21.5. The smallest absolute Gasteiger partial charge is 0.335 e. The van der Waals surface area contributed by atoms with E-state index in [1.165, 1.54) is 44.1 Å². The third-order valence-electron chi connectivity index (χ3n) is 14.2. The molecule has 6 nitrogen and oxygen atoms in total. The van der Waals surface area contributed by atoms with Gasteiger partial charge in [0.25, 0.3) is 0 Å². The lowest BCUT2D eigenvalue weighted by atomic mass is 9.35. The molecule has 9 atom stereocenters. The van der Waals surface area contributed by atoms with Crippen LogP contribution >= 0.6 is 0 Å². The Morgan fingerprint density at radius 3 is 1.83 bits per heavy atom. The van der Waals surface area contributed by atoms with E-state index >= 15 is 0 Å². The first kappa shape index (κ1) is 47.3. The highest BCUT2D eigenvalue weighted by Crippen LogP contribution is 2.74. The number of hydrogen-bond acceptors (Lipinski definition) is 3. The van der Waals surface area contributed by atoms with Crippen LogP contribution in [0.25, 0.3) is 0 Å². The molecule has 0 bridgehead atoms. The normalized spacial score (nSPS) is 33.8. The van der Waals surface area contributed by atoms with Crippen molar-refractivity contribution in [1.82, 2.24) is 5.32 Å². The van der Waals surface area contributed by atoms with Gasteiger partial charge in [-0.15, -0.1) is 38.5 Å². The predicted octanol–water partition coefficient (Wildman–Crippen LogP) is 10.7. The summed E-state index contributed by atoms with van der Waals surface area (Å²) >= 11 is 0. The Morgan fingerprint density at radius 2 is 1.28 bits per heavy atom. The van der Waals surface area contributed by atoms with Crippen LogP contribution in [-0.4, -0.2) is 34.6 Å². The van der Waals surface area contributed by atoms with Gasteiger partial charge in [0.1, 0.15) is 0 Å². The average Bonchev–Trinajstić information content (AvgIpc) is 3.61. The average molecular weight is 730 g/mol. The summed E-state index contributed by atoms with van der Waals surface area (Å²) in [6.07, 6.45) is 37.9. The van der Waals surface area contributed by atoms with Crippen LogP contribution in [0.15, 0.2) is 24.3 Å². The third-order valence-corrected chi connectivity index (χ3v) is 14.2. The van der Waals surface area contributed by atoms with E-state index in [1.807, 2.05) is 13.8 Å². The summed E-state index contributed by atoms with van der Waals surface area (Å²) in [5.41, 5.74) is 2.08.